The van der Waals surface area contributed by atoms with E-state index in [4.69, 9.17) is 23.7 Å². The molecule has 6 heteroatoms. The smallest absolute Gasteiger partial charge is 0.338 e. The van der Waals surface area contributed by atoms with E-state index in [9.17, 15) is 4.79 Å². The van der Waals surface area contributed by atoms with E-state index < -0.39 is 0 Å². The lowest BCUT2D eigenvalue weighted by atomic mass is 9.72. The Bertz CT molecular complexity index is 786. The molecule has 4 aliphatic rings. The number of esters is 1. The monoisotopic (exact) mass is 458 g/mol. The molecule has 5 rings (SSSR count). The average molecular weight is 459 g/mol. The molecule has 0 bridgehead atoms. The highest BCUT2D eigenvalue weighted by Gasteiger charge is 2.33. The van der Waals surface area contributed by atoms with E-state index in [-0.39, 0.29) is 18.2 Å². The fraction of sp³-hybridized carbons (Fsp3) is 0.741. The Kier molecular flexibility index (Phi) is 7.53. The minimum absolute atomic E-state index is 0.0417. The third-order valence-corrected chi connectivity index (χ3v) is 7.80. The third-order valence-electron chi connectivity index (χ3n) is 7.80. The lowest BCUT2D eigenvalue weighted by Crippen LogP contribution is -2.31. The molecule has 33 heavy (non-hydrogen) atoms. The van der Waals surface area contributed by atoms with Crippen LogP contribution in [0.4, 0.5) is 0 Å². The molecule has 0 N–H and O–H groups in total. The van der Waals surface area contributed by atoms with Crippen LogP contribution in [0.1, 0.15) is 74.2 Å². The van der Waals surface area contributed by atoms with Crippen LogP contribution in [-0.2, 0) is 25.4 Å². The zero-order chi connectivity index (χ0) is 22.6. The molecule has 6 nitrogen and oxygen atoms in total. The fourth-order valence-corrected chi connectivity index (χ4v) is 5.50. The molecule has 2 aliphatic carbocycles. The first-order chi connectivity index (χ1) is 16.2. The number of hydrogen-bond donors (Lipinski definition) is 0. The van der Waals surface area contributed by atoms with Crippen molar-refractivity contribution in [1.82, 2.24) is 0 Å². The maximum absolute atomic E-state index is 12.8. The van der Waals surface area contributed by atoms with Gasteiger partial charge in [-0.15, -0.1) is 0 Å². The number of ether oxygens (including phenoxy) is 5. The minimum atomic E-state index is -0.206. The van der Waals surface area contributed by atoms with Gasteiger partial charge in [0.25, 0.3) is 0 Å². The van der Waals surface area contributed by atoms with Gasteiger partial charge in [-0.25, -0.2) is 4.79 Å². The van der Waals surface area contributed by atoms with Crippen molar-refractivity contribution < 1.29 is 28.5 Å². The first-order valence-corrected chi connectivity index (χ1v) is 13.0. The molecule has 2 atom stereocenters. The van der Waals surface area contributed by atoms with E-state index in [1.165, 1.54) is 38.5 Å². The van der Waals surface area contributed by atoms with Crippen LogP contribution in [-0.4, -0.2) is 56.8 Å². The lowest BCUT2D eigenvalue weighted by molar-refractivity contribution is -0.00857. The molecule has 1 aromatic rings. The van der Waals surface area contributed by atoms with Gasteiger partial charge in [0, 0.05) is 0 Å². The molecule has 0 aromatic heterocycles. The summed E-state index contributed by atoms with van der Waals surface area (Å²) in [5.41, 5.74) is 1.66. The quantitative estimate of drug-likeness (QED) is 0.373. The van der Waals surface area contributed by atoms with Crippen LogP contribution >= 0.6 is 0 Å². The van der Waals surface area contributed by atoms with Crippen LogP contribution in [0.5, 0.6) is 5.75 Å². The van der Waals surface area contributed by atoms with E-state index in [0.29, 0.717) is 24.4 Å². The van der Waals surface area contributed by atoms with Crippen LogP contribution in [0.2, 0.25) is 0 Å². The Balaban J connectivity index is 1.04. The van der Waals surface area contributed by atoms with Crippen LogP contribution in [0, 0.1) is 11.8 Å². The van der Waals surface area contributed by atoms with Crippen molar-refractivity contribution in [2.75, 3.05) is 26.4 Å². The van der Waals surface area contributed by atoms with Gasteiger partial charge in [0.2, 0.25) is 0 Å². The number of rotatable bonds is 10. The SMILES string of the molecule is CCc1cc(C(=O)OC2CCC(C3CCC(OCC4CO4)CC3)CC2)ccc1OCC1CO1. The average Bonchev–Trinajstić information content (AvgIpc) is 3.77. The Hall–Kier alpha value is -1.63. The maximum Gasteiger partial charge on any atom is 0.338 e. The van der Waals surface area contributed by atoms with Gasteiger partial charge in [0.1, 0.15) is 30.7 Å². The molecule has 2 heterocycles. The number of epoxide rings is 2. The highest BCUT2D eigenvalue weighted by atomic mass is 16.6. The van der Waals surface area contributed by atoms with Crippen molar-refractivity contribution >= 4 is 5.97 Å². The van der Waals surface area contributed by atoms with Gasteiger partial charge in [-0.2, -0.15) is 0 Å². The van der Waals surface area contributed by atoms with Crippen molar-refractivity contribution in [2.45, 2.75) is 89.1 Å². The van der Waals surface area contributed by atoms with Crippen molar-refractivity contribution in [2.24, 2.45) is 11.8 Å². The van der Waals surface area contributed by atoms with E-state index in [1.807, 2.05) is 18.2 Å². The van der Waals surface area contributed by atoms with E-state index >= 15 is 0 Å². The number of hydrogen-bond acceptors (Lipinski definition) is 6. The second kappa shape index (κ2) is 10.7. The van der Waals surface area contributed by atoms with Gasteiger partial charge in [0.15, 0.2) is 0 Å². The molecular formula is C27H38O6. The predicted molar refractivity (Wildman–Crippen MR) is 124 cm³/mol. The topological polar surface area (TPSA) is 69.8 Å². The maximum atomic E-state index is 12.8. The molecule has 0 spiro atoms. The van der Waals surface area contributed by atoms with Crippen molar-refractivity contribution in [3.63, 3.8) is 0 Å². The number of carbonyl (C=O) groups excluding carboxylic acids is 1. The van der Waals surface area contributed by atoms with Gasteiger partial charge in [0.05, 0.1) is 31.5 Å². The van der Waals surface area contributed by atoms with Crippen LogP contribution in [0.3, 0.4) is 0 Å². The Labute approximate surface area is 197 Å². The van der Waals surface area contributed by atoms with Gasteiger partial charge in [-0.05, 0) is 93.4 Å². The first-order valence-electron chi connectivity index (χ1n) is 13.0. The van der Waals surface area contributed by atoms with Gasteiger partial charge in [-0.3, -0.25) is 0 Å². The second-order valence-electron chi connectivity index (χ2n) is 10.2. The minimum Gasteiger partial charge on any atom is -0.491 e. The Morgan fingerprint density at radius 3 is 2.09 bits per heavy atom. The molecule has 2 saturated carbocycles. The van der Waals surface area contributed by atoms with Crippen molar-refractivity contribution in [3.05, 3.63) is 29.3 Å². The zero-order valence-corrected chi connectivity index (χ0v) is 19.8. The number of carbonyl (C=O) groups is 1. The summed E-state index contributed by atoms with van der Waals surface area (Å²) < 4.78 is 28.2. The molecule has 2 saturated heterocycles. The predicted octanol–water partition coefficient (Wildman–Crippen LogP) is 4.72. The summed E-state index contributed by atoms with van der Waals surface area (Å²) in [5.74, 6) is 2.21. The molecule has 2 unspecified atom stereocenters. The van der Waals surface area contributed by atoms with E-state index in [1.54, 1.807) is 0 Å². The van der Waals surface area contributed by atoms with Crippen LogP contribution in [0.15, 0.2) is 18.2 Å². The molecule has 0 radical (unpaired) electrons. The second-order valence-corrected chi connectivity index (χ2v) is 10.2. The van der Waals surface area contributed by atoms with Crippen LogP contribution in [0.25, 0.3) is 0 Å². The van der Waals surface area contributed by atoms with Crippen molar-refractivity contribution in [3.8, 4) is 5.75 Å². The zero-order valence-electron chi connectivity index (χ0n) is 19.8. The molecule has 2 aliphatic heterocycles. The van der Waals surface area contributed by atoms with Gasteiger partial charge < -0.3 is 23.7 Å². The molecule has 4 fully saturated rings. The summed E-state index contributed by atoms with van der Waals surface area (Å²) in [6.07, 6.45) is 11.1. The summed E-state index contributed by atoms with van der Waals surface area (Å²) >= 11 is 0. The van der Waals surface area contributed by atoms with E-state index in [0.717, 1.165) is 62.2 Å². The Morgan fingerprint density at radius 2 is 1.48 bits per heavy atom. The summed E-state index contributed by atoms with van der Waals surface area (Å²) in [5, 5.41) is 0. The first kappa shape index (κ1) is 23.1. The highest BCUT2D eigenvalue weighted by Crippen LogP contribution is 2.40. The summed E-state index contributed by atoms with van der Waals surface area (Å²) in [6.45, 7) is 5.08. The summed E-state index contributed by atoms with van der Waals surface area (Å²) in [6, 6.07) is 5.64. The lowest BCUT2D eigenvalue weighted by Gasteiger charge is -2.37. The normalized spacial score (nSPS) is 33.4. The van der Waals surface area contributed by atoms with E-state index in [2.05, 4.69) is 6.92 Å². The molecular weight excluding hydrogens is 420 g/mol. The largest absolute Gasteiger partial charge is 0.491 e. The van der Waals surface area contributed by atoms with Crippen molar-refractivity contribution in [1.29, 1.82) is 0 Å². The number of aryl methyl sites for hydroxylation is 1. The highest BCUT2D eigenvalue weighted by molar-refractivity contribution is 5.90. The van der Waals surface area contributed by atoms with Gasteiger partial charge in [-0.1, -0.05) is 6.92 Å². The fourth-order valence-electron chi connectivity index (χ4n) is 5.50. The summed E-state index contributed by atoms with van der Waals surface area (Å²) in [4.78, 5) is 12.8. The number of benzene rings is 1. The molecule has 0 amide bonds. The standard InChI is InChI=1S/C27H38O6/c1-2-18-13-21(7-12-26(18)32-17-25-16-31-25)27(28)33-23-10-5-20(6-11-23)19-3-8-22(9-4-19)29-14-24-15-30-24/h7,12-13,19-20,22-25H,2-6,8-11,14-17H2,1H3. The third kappa shape index (κ3) is 6.49. The van der Waals surface area contributed by atoms with Gasteiger partial charge >= 0.3 is 5.97 Å². The van der Waals surface area contributed by atoms with Crippen LogP contribution < -0.4 is 4.74 Å². The Morgan fingerprint density at radius 1 is 0.879 bits per heavy atom. The summed E-state index contributed by atoms with van der Waals surface area (Å²) in [7, 11) is 0. The molecule has 1 aromatic carbocycles. The molecule has 182 valence electrons.